The number of ether oxygens (including phenoxy) is 2. The highest BCUT2D eigenvalue weighted by atomic mass is 16.5. The largest absolute Gasteiger partial charge is 0.448 e. The number of rotatable bonds is 9. The first kappa shape index (κ1) is 23.9. The predicted octanol–water partition coefficient (Wildman–Crippen LogP) is 3.21. The highest BCUT2D eigenvalue weighted by Gasteiger charge is 2.21. The third-order valence-electron chi connectivity index (χ3n) is 5.01. The number of benzene rings is 1. The van der Waals surface area contributed by atoms with Crippen molar-refractivity contribution < 1.29 is 19.1 Å². The molecule has 0 saturated heterocycles. The molecule has 7 heteroatoms. The quantitative estimate of drug-likeness (QED) is 0.380. The highest BCUT2D eigenvalue weighted by Crippen LogP contribution is 2.19. The molecule has 0 aliphatic heterocycles. The summed E-state index contributed by atoms with van der Waals surface area (Å²) in [6, 6.07) is 11.5. The van der Waals surface area contributed by atoms with Gasteiger partial charge in [0.15, 0.2) is 6.10 Å². The van der Waals surface area contributed by atoms with E-state index in [-0.39, 0.29) is 5.57 Å². The summed E-state index contributed by atoms with van der Waals surface area (Å²) in [6.45, 7) is 8.89. The molecule has 1 atom stereocenters. The molecule has 1 aromatic heterocycles. The monoisotopic (exact) mass is 423 g/mol. The van der Waals surface area contributed by atoms with Crippen LogP contribution in [0, 0.1) is 32.1 Å². The van der Waals surface area contributed by atoms with Gasteiger partial charge in [0.25, 0.3) is 5.91 Å². The number of nitrogens with zero attached hydrogens (tertiary/aromatic N) is 2. The maximum atomic E-state index is 12.5. The Kier molecular flexibility index (Phi) is 8.59. The van der Waals surface area contributed by atoms with Gasteiger partial charge in [-0.05, 0) is 51.0 Å². The summed E-state index contributed by atoms with van der Waals surface area (Å²) in [5.41, 5.74) is 4.57. The molecule has 0 spiro atoms. The molecule has 0 saturated carbocycles. The van der Waals surface area contributed by atoms with Crippen molar-refractivity contribution in [2.75, 3.05) is 13.7 Å². The molecule has 7 nitrogen and oxygen atoms in total. The van der Waals surface area contributed by atoms with Crippen LogP contribution in [0.5, 0.6) is 0 Å². The van der Waals surface area contributed by atoms with Gasteiger partial charge in [-0.1, -0.05) is 29.8 Å². The molecule has 2 rings (SSSR count). The van der Waals surface area contributed by atoms with Gasteiger partial charge in [0.1, 0.15) is 11.6 Å². The zero-order chi connectivity index (χ0) is 23.0. The normalized spacial score (nSPS) is 12.2. The Hall–Kier alpha value is -3.37. The minimum atomic E-state index is -1.02. The van der Waals surface area contributed by atoms with Crippen LogP contribution < -0.4 is 5.32 Å². The van der Waals surface area contributed by atoms with Crippen LogP contribution in [0.15, 0.2) is 35.9 Å². The Labute approximate surface area is 183 Å². The second kappa shape index (κ2) is 11.1. The molecule has 0 radical (unpaired) electrons. The van der Waals surface area contributed by atoms with Crippen LogP contribution in [0.25, 0.3) is 6.08 Å². The summed E-state index contributed by atoms with van der Waals surface area (Å²) >= 11 is 0. The van der Waals surface area contributed by atoms with Crippen LogP contribution in [-0.4, -0.2) is 36.3 Å². The zero-order valence-electron chi connectivity index (χ0n) is 18.7. The average Bonchev–Trinajstić information content (AvgIpc) is 3.01. The standard InChI is InChI=1S/C24H29N3O4/c1-16-6-8-20(9-7-16)15-26-23(28)19(4)31-24(29)22(14-25)13-21-12-17(2)27(18(21)3)10-11-30-5/h6-9,12-13,19H,10-11,15H2,1-5H3,(H,26,28)/b22-13+. The number of methoxy groups -OCH3 is 1. The minimum Gasteiger partial charge on any atom is -0.448 e. The van der Waals surface area contributed by atoms with E-state index in [0.29, 0.717) is 19.7 Å². The van der Waals surface area contributed by atoms with Crippen molar-refractivity contribution in [2.24, 2.45) is 0 Å². The van der Waals surface area contributed by atoms with Gasteiger partial charge >= 0.3 is 5.97 Å². The molecule has 31 heavy (non-hydrogen) atoms. The van der Waals surface area contributed by atoms with Crippen molar-refractivity contribution in [2.45, 2.75) is 46.9 Å². The van der Waals surface area contributed by atoms with Crippen molar-refractivity contribution in [3.8, 4) is 6.07 Å². The minimum absolute atomic E-state index is 0.162. The second-order valence-corrected chi connectivity index (χ2v) is 7.39. The lowest BCUT2D eigenvalue weighted by Crippen LogP contribution is -2.35. The van der Waals surface area contributed by atoms with E-state index in [4.69, 9.17) is 9.47 Å². The zero-order valence-corrected chi connectivity index (χ0v) is 18.7. The predicted molar refractivity (Wildman–Crippen MR) is 118 cm³/mol. The maximum Gasteiger partial charge on any atom is 0.349 e. The lowest BCUT2D eigenvalue weighted by Gasteiger charge is -2.13. The first-order valence-corrected chi connectivity index (χ1v) is 10.1. The van der Waals surface area contributed by atoms with Gasteiger partial charge in [0.05, 0.1) is 6.61 Å². The molecule has 1 unspecified atom stereocenters. The number of amides is 1. The third-order valence-corrected chi connectivity index (χ3v) is 5.01. The Morgan fingerprint density at radius 1 is 1.23 bits per heavy atom. The van der Waals surface area contributed by atoms with Gasteiger partial charge in [0.2, 0.25) is 0 Å². The van der Waals surface area contributed by atoms with E-state index in [2.05, 4.69) is 9.88 Å². The molecule has 1 heterocycles. The van der Waals surface area contributed by atoms with Crippen LogP contribution in [0.2, 0.25) is 0 Å². The summed E-state index contributed by atoms with van der Waals surface area (Å²) < 4.78 is 12.4. The highest BCUT2D eigenvalue weighted by molar-refractivity contribution is 5.99. The van der Waals surface area contributed by atoms with E-state index in [1.165, 1.54) is 13.0 Å². The summed E-state index contributed by atoms with van der Waals surface area (Å²) in [5, 5.41) is 12.2. The topological polar surface area (TPSA) is 93.3 Å². The molecule has 164 valence electrons. The van der Waals surface area contributed by atoms with Crippen molar-refractivity contribution >= 4 is 18.0 Å². The number of hydrogen-bond donors (Lipinski definition) is 1. The van der Waals surface area contributed by atoms with E-state index >= 15 is 0 Å². The van der Waals surface area contributed by atoms with Crippen molar-refractivity contribution in [3.63, 3.8) is 0 Å². The summed E-state index contributed by atoms with van der Waals surface area (Å²) in [7, 11) is 1.64. The lowest BCUT2D eigenvalue weighted by molar-refractivity contribution is -0.150. The lowest BCUT2D eigenvalue weighted by atomic mass is 10.1. The number of carbonyl (C=O) groups is 2. The first-order chi connectivity index (χ1) is 14.8. The number of nitrogens with one attached hydrogen (secondary N) is 1. The number of aryl methyl sites for hydroxylation is 2. The fourth-order valence-corrected chi connectivity index (χ4v) is 3.11. The third kappa shape index (κ3) is 6.56. The molecule has 0 fully saturated rings. The number of aromatic nitrogens is 1. The smallest absolute Gasteiger partial charge is 0.349 e. The van der Waals surface area contributed by atoms with Gasteiger partial charge in [-0.2, -0.15) is 5.26 Å². The summed E-state index contributed by atoms with van der Waals surface area (Å²) in [5.74, 6) is -1.26. The van der Waals surface area contributed by atoms with Gasteiger partial charge < -0.3 is 19.4 Å². The van der Waals surface area contributed by atoms with Gasteiger partial charge in [-0.25, -0.2) is 4.79 Å². The number of nitriles is 1. The fraction of sp³-hybridized carbons (Fsp3) is 0.375. The Morgan fingerprint density at radius 3 is 2.52 bits per heavy atom. The fourth-order valence-electron chi connectivity index (χ4n) is 3.11. The first-order valence-electron chi connectivity index (χ1n) is 10.1. The molecule has 1 N–H and O–H groups in total. The van der Waals surface area contributed by atoms with Gasteiger partial charge in [-0.3, -0.25) is 4.79 Å². The van der Waals surface area contributed by atoms with Gasteiger partial charge in [0, 0.05) is 31.6 Å². The van der Waals surface area contributed by atoms with Gasteiger partial charge in [-0.15, -0.1) is 0 Å². The van der Waals surface area contributed by atoms with E-state index in [1.807, 2.05) is 57.2 Å². The maximum absolute atomic E-state index is 12.5. The Bertz CT molecular complexity index is 997. The molecular formula is C24H29N3O4. The van der Waals surface area contributed by atoms with Crippen LogP contribution >= 0.6 is 0 Å². The van der Waals surface area contributed by atoms with E-state index < -0.39 is 18.0 Å². The van der Waals surface area contributed by atoms with E-state index in [0.717, 1.165) is 28.1 Å². The SMILES string of the molecule is COCCn1c(C)cc(/C=C(\C#N)C(=O)OC(C)C(=O)NCc2ccc(C)cc2)c1C. The van der Waals surface area contributed by atoms with Crippen LogP contribution in [0.3, 0.4) is 0 Å². The van der Waals surface area contributed by atoms with Crippen molar-refractivity contribution in [1.82, 2.24) is 9.88 Å². The summed E-state index contributed by atoms with van der Waals surface area (Å²) in [4.78, 5) is 24.7. The van der Waals surface area contributed by atoms with E-state index in [1.54, 1.807) is 7.11 Å². The van der Waals surface area contributed by atoms with Crippen LogP contribution in [0.1, 0.15) is 35.0 Å². The number of esters is 1. The molecule has 0 bridgehead atoms. The molecule has 0 aliphatic carbocycles. The van der Waals surface area contributed by atoms with E-state index in [9.17, 15) is 14.9 Å². The molecule has 2 aromatic rings. The Morgan fingerprint density at radius 2 is 1.90 bits per heavy atom. The summed E-state index contributed by atoms with van der Waals surface area (Å²) in [6.07, 6.45) is 0.467. The van der Waals surface area contributed by atoms with Crippen LogP contribution in [0.4, 0.5) is 0 Å². The Balaban J connectivity index is 2.02. The molecule has 1 amide bonds. The molecule has 1 aromatic carbocycles. The molecule has 0 aliphatic rings. The average molecular weight is 424 g/mol. The van der Waals surface area contributed by atoms with Crippen LogP contribution in [-0.2, 0) is 32.2 Å². The molecular weight excluding hydrogens is 394 g/mol. The second-order valence-electron chi connectivity index (χ2n) is 7.39. The van der Waals surface area contributed by atoms with Crippen molar-refractivity contribution in [1.29, 1.82) is 5.26 Å². The van der Waals surface area contributed by atoms with Crippen molar-refractivity contribution in [3.05, 3.63) is 64.0 Å². The number of hydrogen-bond acceptors (Lipinski definition) is 5. The number of carbonyl (C=O) groups excluding carboxylic acids is 2.